The van der Waals surface area contributed by atoms with E-state index in [-0.39, 0.29) is 12.6 Å². The molecule has 1 atom stereocenters. The lowest BCUT2D eigenvalue weighted by molar-refractivity contribution is -0.141. The minimum atomic E-state index is -0.893. The minimum Gasteiger partial charge on any atom is -0.481 e. The molecule has 0 saturated heterocycles. The average molecular weight is 254 g/mol. The molecule has 0 radical (unpaired) electrons. The van der Waals surface area contributed by atoms with Crippen LogP contribution < -0.4 is 5.32 Å². The maximum atomic E-state index is 11.7. The van der Waals surface area contributed by atoms with Crippen LogP contribution in [0, 0.1) is 5.92 Å². The van der Waals surface area contributed by atoms with Crippen LogP contribution in [-0.4, -0.2) is 35.6 Å². The number of furan rings is 1. The summed E-state index contributed by atoms with van der Waals surface area (Å²) in [6, 6.07) is 1.48. The first kappa shape index (κ1) is 14.1. The van der Waals surface area contributed by atoms with Crippen LogP contribution in [0.1, 0.15) is 18.9 Å². The molecule has 0 bridgehead atoms. The van der Waals surface area contributed by atoms with E-state index in [0.717, 1.165) is 5.56 Å². The SMILES string of the molecule is CCC(CNC(=O)N(C)Cc1ccoc1)C(=O)O. The van der Waals surface area contributed by atoms with Crippen LogP contribution in [0.5, 0.6) is 0 Å². The Balaban J connectivity index is 2.38. The molecular formula is C12H18N2O4. The molecule has 1 aromatic rings. The second kappa shape index (κ2) is 6.68. The van der Waals surface area contributed by atoms with Gasteiger partial charge in [0.25, 0.3) is 0 Å². The highest BCUT2D eigenvalue weighted by molar-refractivity contribution is 5.75. The number of carboxylic acids is 1. The van der Waals surface area contributed by atoms with Crippen molar-refractivity contribution in [3.05, 3.63) is 24.2 Å². The molecule has 100 valence electrons. The van der Waals surface area contributed by atoms with E-state index in [1.165, 1.54) is 4.90 Å². The summed E-state index contributed by atoms with van der Waals surface area (Å²) in [4.78, 5) is 24.0. The Bertz CT molecular complexity index is 389. The van der Waals surface area contributed by atoms with E-state index in [1.54, 1.807) is 32.6 Å². The summed E-state index contributed by atoms with van der Waals surface area (Å²) in [5.74, 6) is -1.44. The van der Waals surface area contributed by atoms with E-state index < -0.39 is 11.9 Å². The van der Waals surface area contributed by atoms with Gasteiger partial charge in [-0.1, -0.05) is 6.92 Å². The van der Waals surface area contributed by atoms with Crippen molar-refractivity contribution in [2.75, 3.05) is 13.6 Å². The summed E-state index contributed by atoms with van der Waals surface area (Å²) in [6.07, 6.45) is 3.59. The smallest absolute Gasteiger partial charge is 0.317 e. The summed E-state index contributed by atoms with van der Waals surface area (Å²) < 4.78 is 4.91. The third kappa shape index (κ3) is 4.12. The van der Waals surface area contributed by atoms with Crippen molar-refractivity contribution in [3.63, 3.8) is 0 Å². The molecule has 18 heavy (non-hydrogen) atoms. The number of carbonyl (C=O) groups is 2. The summed E-state index contributed by atoms with van der Waals surface area (Å²) in [5, 5.41) is 11.5. The lowest BCUT2D eigenvalue weighted by Crippen LogP contribution is -2.40. The molecule has 0 fully saturated rings. The van der Waals surface area contributed by atoms with Gasteiger partial charge in [-0.25, -0.2) is 4.79 Å². The predicted molar refractivity (Wildman–Crippen MR) is 65.0 cm³/mol. The highest BCUT2D eigenvalue weighted by Gasteiger charge is 2.17. The molecule has 6 nitrogen and oxygen atoms in total. The molecule has 2 N–H and O–H groups in total. The summed E-state index contributed by atoms with van der Waals surface area (Å²) in [7, 11) is 1.64. The quantitative estimate of drug-likeness (QED) is 0.806. The molecule has 0 aliphatic heterocycles. The number of carboxylic acid groups (broad SMARTS) is 1. The average Bonchev–Trinajstić information content (AvgIpc) is 2.81. The van der Waals surface area contributed by atoms with Crippen LogP contribution in [0.3, 0.4) is 0 Å². The van der Waals surface area contributed by atoms with Crippen molar-refractivity contribution in [1.82, 2.24) is 10.2 Å². The minimum absolute atomic E-state index is 0.139. The first-order chi connectivity index (χ1) is 8.54. The molecule has 0 aromatic carbocycles. The number of nitrogens with zero attached hydrogens (tertiary/aromatic N) is 1. The number of nitrogens with one attached hydrogen (secondary N) is 1. The van der Waals surface area contributed by atoms with Crippen molar-refractivity contribution in [2.45, 2.75) is 19.9 Å². The Labute approximate surface area is 106 Å². The number of hydrogen-bond acceptors (Lipinski definition) is 3. The first-order valence-electron chi connectivity index (χ1n) is 5.77. The molecule has 0 spiro atoms. The normalized spacial score (nSPS) is 11.9. The molecular weight excluding hydrogens is 236 g/mol. The number of aliphatic carboxylic acids is 1. The number of hydrogen-bond donors (Lipinski definition) is 2. The van der Waals surface area contributed by atoms with Crippen LogP contribution in [-0.2, 0) is 11.3 Å². The van der Waals surface area contributed by atoms with E-state index in [4.69, 9.17) is 9.52 Å². The van der Waals surface area contributed by atoms with Gasteiger partial charge in [0, 0.05) is 19.2 Å². The Kier molecular flexibility index (Phi) is 5.23. The van der Waals surface area contributed by atoms with E-state index in [1.807, 2.05) is 0 Å². The largest absolute Gasteiger partial charge is 0.481 e. The fraction of sp³-hybridized carbons (Fsp3) is 0.500. The Morgan fingerprint density at radius 3 is 2.78 bits per heavy atom. The second-order valence-corrected chi connectivity index (χ2v) is 4.12. The van der Waals surface area contributed by atoms with E-state index in [9.17, 15) is 9.59 Å². The Hall–Kier alpha value is -1.98. The summed E-state index contributed by atoms with van der Waals surface area (Å²) >= 11 is 0. The molecule has 6 heteroatoms. The number of urea groups is 1. The van der Waals surface area contributed by atoms with Gasteiger partial charge in [-0.3, -0.25) is 4.79 Å². The third-order valence-corrected chi connectivity index (χ3v) is 2.69. The van der Waals surface area contributed by atoms with Gasteiger partial charge in [-0.15, -0.1) is 0 Å². The lowest BCUT2D eigenvalue weighted by Gasteiger charge is -2.18. The molecule has 0 aliphatic rings. The Morgan fingerprint density at radius 2 is 2.28 bits per heavy atom. The van der Waals surface area contributed by atoms with Gasteiger partial charge in [0.05, 0.1) is 25.0 Å². The molecule has 0 saturated carbocycles. The van der Waals surface area contributed by atoms with Gasteiger partial charge in [-0.05, 0) is 12.5 Å². The van der Waals surface area contributed by atoms with Crippen molar-refractivity contribution in [1.29, 1.82) is 0 Å². The van der Waals surface area contributed by atoms with Gasteiger partial charge >= 0.3 is 12.0 Å². The van der Waals surface area contributed by atoms with Crippen LogP contribution in [0.2, 0.25) is 0 Å². The molecule has 1 aromatic heterocycles. The molecule has 2 amide bonds. The monoisotopic (exact) mass is 254 g/mol. The van der Waals surface area contributed by atoms with E-state index in [2.05, 4.69) is 5.32 Å². The zero-order valence-corrected chi connectivity index (χ0v) is 10.5. The number of carbonyl (C=O) groups excluding carboxylic acids is 1. The number of amides is 2. The Morgan fingerprint density at radius 1 is 1.56 bits per heavy atom. The van der Waals surface area contributed by atoms with Crippen molar-refractivity contribution >= 4 is 12.0 Å². The third-order valence-electron chi connectivity index (χ3n) is 2.69. The highest BCUT2D eigenvalue weighted by Crippen LogP contribution is 2.04. The van der Waals surface area contributed by atoms with Gasteiger partial charge < -0.3 is 19.7 Å². The predicted octanol–water partition coefficient (Wildman–Crippen LogP) is 1.53. The van der Waals surface area contributed by atoms with Crippen LogP contribution >= 0.6 is 0 Å². The van der Waals surface area contributed by atoms with Crippen LogP contribution in [0.4, 0.5) is 4.79 Å². The molecule has 1 heterocycles. The topological polar surface area (TPSA) is 82.8 Å². The van der Waals surface area contributed by atoms with Crippen molar-refractivity contribution < 1.29 is 19.1 Å². The van der Waals surface area contributed by atoms with Crippen LogP contribution in [0.25, 0.3) is 0 Å². The molecule has 1 rings (SSSR count). The van der Waals surface area contributed by atoms with Crippen molar-refractivity contribution in [3.8, 4) is 0 Å². The number of rotatable bonds is 6. The first-order valence-corrected chi connectivity index (χ1v) is 5.77. The zero-order chi connectivity index (χ0) is 13.5. The van der Waals surface area contributed by atoms with Gasteiger partial charge in [0.2, 0.25) is 0 Å². The van der Waals surface area contributed by atoms with Gasteiger partial charge in [-0.2, -0.15) is 0 Å². The summed E-state index contributed by atoms with van der Waals surface area (Å²) in [5.41, 5.74) is 0.887. The van der Waals surface area contributed by atoms with Gasteiger partial charge in [0.15, 0.2) is 0 Å². The fourth-order valence-corrected chi connectivity index (χ4v) is 1.48. The highest BCUT2D eigenvalue weighted by atomic mass is 16.4. The zero-order valence-electron chi connectivity index (χ0n) is 10.5. The fourth-order valence-electron chi connectivity index (χ4n) is 1.48. The molecule has 1 unspecified atom stereocenters. The van der Waals surface area contributed by atoms with E-state index >= 15 is 0 Å². The summed E-state index contributed by atoms with van der Waals surface area (Å²) in [6.45, 7) is 2.34. The maximum Gasteiger partial charge on any atom is 0.317 e. The second-order valence-electron chi connectivity index (χ2n) is 4.12. The van der Waals surface area contributed by atoms with Crippen molar-refractivity contribution in [2.24, 2.45) is 5.92 Å². The van der Waals surface area contributed by atoms with Gasteiger partial charge in [0.1, 0.15) is 0 Å². The maximum absolute atomic E-state index is 11.7. The standard InChI is InChI=1S/C12H18N2O4/c1-3-10(11(15)16)6-13-12(17)14(2)7-9-4-5-18-8-9/h4-5,8,10H,3,6-7H2,1-2H3,(H,13,17)(H,15,16). The lowest BCUT2D eigenvalue weighted by atomic mass is 10.1. The molecule has 0 aliphatic carbocycles. The van der Waals surface area contributed by atoms with E-state index in [0.29, 0.717) is 13.0 Å². The van der Waals surface area contributed by atoms with Crippen LogP contribution in [0.15, 0.2) is 23.0 Å².